The average molecular weight is 286 g/mol. The van der Waals surface area contributed by atoms with Crippen LogP contribution in [0.5, 0.6) is 0 Å². The second kappa shape index (κ2) is 4.89. The van der Waals surface area contributed by atoms with Crippen molar-refractivity contribution >= 4 is 11.0 Å². The van der Waals surface area contributed by atoms with Gasteiger partial charge in [0.2, 0.25) is 0 Å². The molecular formula is C15H18N4O2. The average Bonchev–Trinajstić information content (AvgIpc) is 2.92. The monoisotopic (exact) mass is 286 g/mol. The standard InChI is InChI=1S/C15H18N4O2/c20-14-12-2-1-5-17-13(12)18-10-19(14)11-8-15(21-9-11)3-6-16-7-4-15/h1-2,5,10-11,16H,3-4,6-9H2/t11-/m0/s1. The number of nitrogens with zero attached hydrogens (tertiary/aromatic N) is 3. The number of fused-ring (bicyclic) bond motifs is 1. The van der Waals surface area contributed by atoms with Gasteiger partial charge in [0, 0.05) is 6.20 Å². The van der Waals surface area contributed by atoms with Crippen LogP contribution in [-0.2, 0) is 4.74 Å². The van der Waals surface area contributed by atoms with Crippen LogP contribution in [0.1, 0.15) is 25.3 Å². The van der Waals surface area contributed by atoms with E-state index in [9.17, 15) is 4.79 Å². The van der Waals surface area contributed by atoms with Crippen LogP contribution in [-0.4, -0.2) is 39.8 Å². The lowest BCUT2D eigenvalue weighted by molar-refractivity contribution is -0.0196. The molecule has 21 heavy (non-hydrogen) atoms. The Bertz CT molecular complexity index is 721. The van der Waals surface area contributed by atoms with Crippen LogP contribution in [0, 0.1) is 0 Å². The number of hydrogen-bond donors (Lipinski definition) is 1. The first-order valence-corrected chi connectivity index (χ1v) is 7.44. The molecule has 2 aromatic rings. The van der Waals surface area contributed by atoms with E-state index in [2.05, 4.69) is 15.3 Å². The number of ether oxygens (including phenoxy) is 1. The molecule has 2 fully saturated rings. The maximum Gasteiger partial charge on any atom is 0.263 e. The first-order valence-electron chi connectivity index (χ1n) is 7.44. The summed E-state index contributed by atoms with van der Waals surface area (Å²) in [5.74, 6) is 0. The van der Waals surface area contributed by atoms with Crippen LogP contribution in [0.25, 0.3) is 11.0 Å². The van der Waals surface area contributed by atoms with Crippen molar-refractivity contribution in [2.45, 2.75) is 30.9 Å². The Morgan fingerprint density at radius 2 is 2.19 bits per heavy atom. The third-order valence-electron chi connectivity index (χ3n) is 4.65. The lowest BCUT2D eigenvalue weighted by atomic mass is 9.88. The summed E-state index contributed by atoms with van der Waals surface area (Å²) in [6.45, 7) is 2.57. The molecule has 0 aromatic carbocycles. The molecule has 0 saturated carbocycles. The van der Waals surface area contributed by atoms with Gasteiger partial charge in [-0.1, -0.05) is 0 Å². The number of nitrogens with one attached hydrogen (secondary N) is 1. The Morgan fingerprint density at radius 3 is 3.05 bits per heavy atom. The lowest BCUT2D eigenvalue weighted by Crippen LogP contribution is -2.41. The highest BCUT2D eigenvalue weighted by atomic mass is 16.5. The van der Waals surface area contributed by atoms with E-state index in [1.807, 2.05) is 0 Å². The van der Waals surface area contributed by atoms with Gasteiger partial charge in [0.1, 0.15) is 6.33 Å². The van der Waals surface area contributed by atoms with Gasteiger partial charge in [-0.25, -0.2) is 9.97 Å². The highest BCUT2D eigenvalue weighted by molar-refractivity contribution is 5.72. The van der Waals surface area contributed by atoms with Crippen molar-refractivity contribution in [3.8, 4) is 0 Å². The molecular weight excluding hydrogens is 268 g/mol. The van der Waals surface area contributed by atoms with Crippen molar-refractivity contribution in [3.63, 3.8) is 0 Å². The molecule has 6 nitrogen and oxygen atoms in total. The zero-order chi connectivity index (χ0) is 14.3. The van der Waals surface area contributed by atoms with Crippen molar-refractivity contribution in [2.24, 2.45) is 0 Å². The molecule has 2 aliphatic heterocycles. The maximum atomic E-state index is 12.6. The molecule has 0 bridgehead atoms. The minimum absolute atomic E-state index is 0.0207. The van der Waals surface area contributed by atoms with Gasteiger partial charge in [-0.3, -0.25) is 9.36 Å². The van der Waals surface area contributed by atoms with Gasteiger partial charge >= 0.3 is 0 Å². The van der Waals surface area contributed by atoms with Gasteiger partial charge in [0.25, 0.3) is 5.56 Å². The van der Waals surface area contributed by atoms with Crippen LogP contribution in [0.4, 0.5) is 0 Å². The molecule has 2 aromatic heterocycles. The molecule has 1 atom stereocenters. The predicted molar refractivity (Wildman–Crippen MR) is 78.2 cm³/mol. The highest BCUT2D eigenvalue weighted by Gasteiger charge is 2.42. The first kappa shape index (κ1) is 12.9. The minimum Gasteiger partial charge on any atom is -0.373 e. The summed E-state index contributed by atoms with van der Waals surface area (Å²) in [5.41, 5.74) is 0.432. The molecule has 0 radical (unpaired) electrons. The largest absolute Gasteiger partial charge is 0.373 e. The molecule has 1 spiro atoms. The van der Waals surface area contributed by atoms with Gasteiger partial charge in [0.05, 0.1) is 23.6 Å². The zero-order valence-electron chi connectivity index (χ0n) is 11.8. The molecule has 4 heterocycles. The van der Waals surface area contributed by atoms with E-state index in [-0.39, 0.29) is 17.2 Å². The van der Waals surface area contributed by atoms with Crippen molar-refractivity contribution in [3.05, 3.63) is 35.0 Å². The number of hydrogen-bond acceptors (Lipinski definition) is 5. The fourth-order valence-electron chi connectivity index (χ4n) is 3.47. The predicted octanol–water partition coefficient (Wildman–Crippen LogP) is 0.875. The SMILES string of the molecule is O=c1c2cccnc2ncn1[C@@H]1COC2(CCNCC2)C1. The topological polar surface area (TPSA) is 69.0 Å². The van der Waals surface area contributed by atoms with E-state index in [1.165, 1.54) is 0 Å². The second-order valence-electron chi connectivity index (χ2n) is 5.93. The molecule has 0 aliphatic carbocycles. The molecule has 2 aliphatic rings. The van der Waals surface area contributed by atoms with Crippen LogP contribution in [0.3, 0.4) is 0 Å². The van der Waals surface area contributed by atoms with Crippen LogP contribution in [0.2, 0.25) is 0 Å². The third-order valence-corrected chi connectivity index (χ3v) is 4.65. The Hall–Kier alpha value is -1.79. The van der Waals surface area contributed by atoms with Crippen molar-refractivity contribution in [1.82, 2.24) is 19.9 Å². The summed E-state index contributed by atoms with van der Waals surface area (Å²) in [6, 6.07) is 3.63. The molecule has 4 rings (SSSR count). The fourth-order valence-corrected chi connectivity index (χ4v) is 3.47. The molecule has 110 valence electrons. The highest BCUT2D eigenvalue weighted by Crippen LogP contribution is 2.38. The third kappa shape index (κ3) is 2.15. The summed E-state index contributed by atoms with van der Waals surface area (Å²) < 4.78 is 7.80. The minimum atomic E-state index is -0.0563. The van der Waals surface area contributed by atoms with E-state index in [4.69, 9.17) is 4.74 Å². The van der Waals surface area contributed by atoms with Crippen molar-refractivity contribution < 1.29 is 4.74 Å². The van der Waals surface area contributed by atoms with Crippen molar-refractivity contribution in [2.75, 3.05) is 19.7 Å². The van der Waals surface area contributed by atoms with E-state index < -0.39 is 0 Å². The summed E-state index contributed by atoms with van der Waals surface area (Å²) in [5, 5.41) is 3.93. The smallest absolute Gasteiger partial charge is 0.263 e. The first-order chi connectivity index (χ1) is 10.3. The van der Waals surface area contributed by atoms with Gasteiger partial charge < -0.3 is 10.1 Å². The Kier molecular flexibility index (Phi) is 3.01. The zero-order valence-corrected chi connectivity index (χ0v) is 11.8. The van der Waals surface area contributed by atoms with E-state index in [0.29, 0.717) is 17.6 Å². The quantitative estimate of drug-likeness (QED) is 0.842. The van der Waals surface area contributed by atoms with Gasteiger partial charge in [-0.05, 0) is 44.5 Å². The summed E-state index contributed by atoms with van der Waals surface area (Å²) in [6.07, 6.45) is 6.19. The van der Waals surface area contributed by atoms with Crippen molar-refractivity contribution in [1.29, 1.82) is 0 Å². The molecule has 0 amide bonds. The van der Waals surface area contributed by atoms with Gasteiger partial charge in [0.15, 0.2) is 5.65 Å². The molecule has 0 unspecified atom stereocenters. The summed E-state index contributed by atoms with van der Waals surface area (Å²) in [7, 11) is 0. The Morgan fingerprint density at radius 1 is 1.33 bits per heavy atom. The number of aromatic nitrogens is 3. The molecule has 2 saturated heterocycles. The second-order valence-corrected chi connectivity index (χ2v) is 5.93. The van der Waals surface area contributed by atoms with Gasteiger partial charge in [-0.15, -0.1) is 0 Å². The number of pyridine rings is 1. The maximum absolute atomic E-state index is 12.6. The Balaban J connectivity index is 1.68. The van der Waals surface area contributed by atoms with E-state index in [0.717, 1.165) is 32.4 Å². The number of piperidine rings is 1. The van der Waals surface area contributed by atoms with E-state index in [1.54, 1.807) is 29.2 Å². The van der Waals surface area contributed by atoms with Crippen LogP contribution < -0.4 is 10.9 Å². The fraction of sp³-hybridized carbons (Fsp3) is 0.533. The van der Waals surface area contributed by atoms with Gasteiger partial charge in [-0.2, -0.15) is 0 Å². The number of rotatable bonds is 1. The summed E-state index contributed by atoms with van der Waals surface area (Å²) >= 11 is 0. The Labute approximate surface area is 122 Å². The molecule has 6 heteroatoms. The lowest BCUT2D eigenvalue weighted by Gasteiger charge is -2.32. The van der Waals surface area contributed by atoms with Crippen LogP contribution >= 0.6 is 0 Å². The van der Waals surface area contributed by atoms with E-state index >= 15 is 0 Å². The van der Waals surface area contributed by atoms with Crippen LogP contribution in [0.15, 0.2) is 29.5 Å². The normalized spacial score (nSPS) is 24.7. The molecule has 1 N–H and O–H groups in total. The summed E-state index contributed by atoms with van der Waals surface area (Å²) in [4.78, 5) is 21.0.